The highest BCUT2D eigenvalue weighted by atomic mass is 35.5. The summed E-state index contributed by atoms with van der Waals surface area (Å²) in [4.78, 5) is 13.5. The van der Waals surface area contributed by atoms with Crippen LogP contribution in [0.4, 0.5) is 0 Å². The van der Waals surface area contributed by atoms with E-state index in [0.717, 1.165) is 6.42 Å². The quantitative estimate of drug-likeness (QED) is 0.774. The van der Waals surface area contributed by atoms with Gasteiger partial charge in [0.25, 0.3) is 0 Å². The van der Waals surface area contributed by atoms with E-state index in [9.17, 15) is 9.90 Å². The number of hydrogen-bond donors (Lipinski definition) is 1. The second-order valence-electron chi connectivity index (χ2n) is 5.15. The van der Waals surface area contributed by atoms with Gasteiger partial charge in [0.2, 0.25) is 5.91 Å². The Kier molecular flexibility index (Phi) is 5.06. The third-order valence-electron chi connectivity index (χ3n) is 3.12. The second-order valence-corrected chi connectivity index (χ2v) is 5.80. The van der Waals surface area contributed by atoms with Crippen LogP contribution in [0.5, 0.6) is 0 Å². The van der Waals surface area contributed by atoms with Crippen molar-refractivity contribution in [1.82, 2.24) is 4.90 Å². The van der Waals surface area contributed by atoms with E-state index in [2.05, 4.69) is 13.8 Å². The molecule has 94 valence electrons. The minimum Gasteiger partial charge on any atom is -0.393 e. The van der Waals surface area contributed by atoms with Crippen LogP contribution in [0.25, 0.3) is 0 Å². The number of likely N-dealkylation sites (tertiary alicyclic amines) is 1. The molecule has 0 aromatic heterocycles. The number of carbonyl (C=O) groups is 1. The second kappa shape index (κ2) is 5.87. The minimum absolute atomic E-state index is 0.0117. The summed E-state index contributed by atoms with van der Waals surface area (Å²) < 4.78 is 0. The topological polar surface area (TPSA) is 40.5 Å². The van der Waals surface area contributed by atoms with Crippen LogP contribution >= 0.6 is 11.6 Å². The van der Waals surface area contributed by atoms with Gasteiger partial charge in [-0.2, -0.15) is 0 Å². The van der Waals surface area contributed by atoms with Crippen LogP contribution in [-0.2, 0) is 4.79 Å². The molecule has 1 aliphatic heterocycles. The molecule has 0 aromatic carbocycles. The molecular weight excluding hydrogens is 226 g/mol. The first kappa shape index (κ1) is 13.8. The molecule has 3 nitrogen and oxygen atoms in total. The average Bonchev–Trinajstić information content (AvgIpc) is 2.19. The smallest absolute Gasteiger partial charge is 0.240 e. The van der Waals surface area contributed by atoms with E-state index in [-0.39, 0.29) is 17.9 Å². The number of amides is 1. The molecule has 3 atom stereocenters. The lowest BCUT2D eigenvalue weighted by atomic mass is 9.87. The predicted octanol–water partition coefficient (Wildman–Crippen LogP) is 1.87. The maximum Gasteiger partial charge on any atom is 0.240 e. The minimum atomic E-state index is -0.463. The van der Waals surface area contributed by atoms with Crippen molar-refractivity contribution in [3.63, 3.8) is 0 Å². The third kappa shape index (κ3) is 3.63. The SMILES string of the molecule is CC(C)C[C@@H]1CN(C(=O)[C@H](C)Cl)CC[C@H]1O. The molecule has 0 spiro atoms. The maximum atomic E-state index is 11.7. The molecule has 1 amide bonds. The summed E-state index contributed by atoms with van der Waals surface area (Å²) in [5.41, 5.74) is 0. The number of carbonyl (C=O) groups excluding carboxylic acids is 1. The van der Waals surface area contributed by atoms with E-state index >= 15 is 0 Å². The molecule has 4 heteroatoms. The molecule has 1 rings (SSSR count). The number of alkyl halides is 1. The van der Waals surface area contributed by atoms with Gasteiger partial charge in [0.1, 0.15) is 5.38 Å². The van der Waals surface area contributed by atoms with Crippen LogP contribution in [0.2, 0.25) is 0 Å². The summed E-state index contributed by atoms with van der Waals surface area (Å²) in [6.45, 7) is 7.25. The Morgan fingerprint density at radius 2 is 2.12 bits per heavy atom. The van der Waals surface area contributed by atoms with Gasteiger partial charge in [-0.15, -0.1) is 11.6 Å². The zero-order valence-corrected chi connectivity index (χ0v) is 11.1. The van der Waals surface area contributed by atoms with E-state index in [1.165, 1.54) is 0 Å². The zero-order valence-electron chi connectivity index (χ0n) is 10.3. The summed E-state index contributed by atoms with van der Waals surface area (Å²) in [6, 6.07) is 0. The Morgan fingerprint density at radius 3 is 2.62 bits per heavy atom. The molecule has 0 saturated carbocycles. The fourth-order valence-corrected chi connectivity index (χ4v) is 2.45. The van der Waals surface area contributed by atoms with Gasteiger partial charge in [0.05, 0.1) is 6.10 Å². The summed E-state index contributed by atoms with van der Waals surface area (Å²) >= 11 is 5.80. The number of nitrogens with zero attached hydrogens (tertiary/aromatic N) is 1. The Balaban J connectivity index is 2.56. The van der Waals surface area contributed by atoms with E-state index < -0.39 is 5.38 Å². The fraction of sp³-hybridized carbons (Fsp3) is 0.917. The summed E-state index contributed by atoms with van der Waals surface area (Å²) in [7, 11) is 0. The van der Waals surface area contributed by atoms with Gasteiger partial charge < -0.3 is 10.0 Å². The highest BCUT2D eigenvalue weighted by molar-refractivity contribution is 6.30. The average molecular weight is 248 g/mol. The van der Waals surface area contributed by atoms with Crippen LogP contribution in [0, 0.1) is 11.8 Å². The van der Waals surface area contributed by atoms with Crippen molar-refractivity contribution in [3.05, 3.63) is 0 Å². The lowest BCUT2D eigenvalue weighted by Crippen LogP contribution is -2.48. The van der Waals surface area contributed by atoms with Crippen molar-refractivity contribution in [2.24, 2.45) is 11.8 Å². The first-order valence-electron chi connectivity index (χ1n) is 6.02. The van der Waals surface area contributed by atoms with Gasteiger partial charge >= 0.3 is 0 Å². The van der Waals surface area contributed by atoms with E-state index in [1.54, 1.807) is 11.8 Å². The number of aliphatic hydroxyl groups is 1. The number of aliphatic hydroxyl groups excluding tert-OH is 1. The van der Waals surface area contributed by atoms with Crippen LogP contribution < -0.4 is 0 Å². The first-order chi connectivity index (χ1) is 7.41. The standard InChI is InChI=1S/C12H22ClNO2/c1-8(2)6-10-7-14(5-4-11(10)15)12(16)9(3)13/h8-11,15H,4-7H2,1-3H3/t9-,10+,11+/m0/s1. The van der Waals surface area contributed by atoms with Gasteiger partial charge in [-0.3, -0.25) is 4.79 Å². The molecule has 1 aliphatic rings. The van der Waals surface area contributed by atoms with Gasteiger partial charge in [0.15, 0.2) is 0 Å². The summed E-state index contributed by atoms with van der Waals surface area (Å²) in [5.74, 6) is 0.735. The third-order valence-corrected chi connectivity index (χ3v) is 3.31. The zero-order chi connectivity index (χ0) is 12.3. The molecule has 0 radical (unpaired) electrons. The maximum absolute atomic E-state index is 11.7. The molecule has 0 aliphatic carbocycles. The van der Waals surface area contributed by atoms with E-state index in [1.807, 2.05) is 0 Å². The van der Waals surface area contributed by atoms with Gasteiger partial charge in [-0.25, -0.2) is 0 Å². The molecule has 0 aromatic rings. The van der Waals surface area contributed by atoms with Crippen LogP contribution in [-0.4, -0.2) is 40.5 Å². The lowest BCUT2D eigenvalue weighted by Gasteiger charge is -2.37. The monoisotopic (exact) mass is 247 g/mol. The summed E-state index contributed by atoms with van der Waals surface area (Å²) in [6.07, 6.45) is 1.37. The Morgan fingerprint density at radius 1 is 1.50 bits per heavy atom. The number of hydrogen-bond acceptors (Lipinski definition) is 2. The largest absolute Gasteiger partial charge is 0.393 e. The normalized spacial score (nSPS) is 28.2. The highest BCUT2D eigenvalue weighted by Crippen LogP contribution is 2.24. The first-order valence-corrected chi connectivity index (χ1v) is 6.46. The Bertz CT molecular complexity index is 243. The highest BCUT2D eigenvalue weighted by Gasteiger charge is 2.31. The molecule has 16 heavy (non-hydrogen) atoms. The van der Waals surface area contributed by atoms with Crippen molar-refractivity contribution in [2.45, 2.75) is 45.1 Å². The van der Waals surface area contributed by atoms with E-state index in [0.29, 0.717) is 25.4 Å². The Labute approximate surface area is 103 Å². The van der Waals surface area contributed by atoms with Crippen molar-refractivity contribution in [1.29, 1.82) is 0 Å². The van der Waals surface area contributed by atoms with E-state index in [4.69, 9.17) is 11.6 Å². The van der Waals surface area contributed by atoms with Crippen molar-refractivity contribution in [3.8, 4) is 0 Å². The molecule has 1 saturated heterocycles. The van der Waals surface area contributed by atoms with Crippen molar-refractivity contribution in [2.75, 3.05) is 13.1 Å². The molecule has 1 heterocycles. The molecule has 0 unspecified atom stereocenters. The predicted molar refractivity (Wildman–Crippen MR) is 65.5 cm³/mol. The van der Waals surface area contributed by atoms with Crippen molar-refractivity contribution < 1.29 is 9.90 Å². The molecular formula is C12H22ClNO2. The number of halogens is 1. The number of piperidine rings is 1. The van der Waals surface area contributed by atoms with Gasteiger partial charge in [0, 0.05) is 19.0 Å². The fourth-order valence-electron chi connectivity index (χ4n) is 2.31. The van der Waals surface area contributed by atoms with Gasteiger partial charge in [-0.05, 0) is 25.7 Å². The lowest BCUT2D eigenvalue weighted by molar-refractivity contribution is -0.134. The van der Waals surface area contributed by atoms with Crippen LogP contribution in [0.1, 0.15) is 33.6 Å². The summed E-state index contributed by atoms with van der Waals surface area (Å²) in [5, 5.41) is 9.42. The van der Waals surface area contributed by atoms with Crippen LogP contribution in [0.15, 0.2) is 0 Å². The van der Waals surface area contributed by atoms with Crippen LogP contribution in [0.3, 0.4) is 0 Å². The Hall–Kier alpha value is -0.280. The molecule has 1 N–H and O–H groups in total. The number of rotatable bonds is 3. The molecule has 1 fully saturated rings. The van der Waals surface area contributed by atoms with Gasteiger partial charge in [-0.1, -0.05) is 13.8 Å². The molecule has 0 bridgehead atoms. The van der Waals surface area contributed by atoms with Crippen molar-refractivity contribution >= 4 is 17.5 Å².